The van der Waals surface area contributed by atoms with Crippen LogP contribution in [0.3, 0.4) is 0 Å². The monoisotopic (exact) mass is 509 g/mol. The number of fused-ring (bicyclic) bond motifs is 1. The van der Waals surface area contributed by atoms with Crippen LogP contribution in [0.25, 0.3) is 0 Å². The van der Waals surface area contributed by atoms with E-state index in [2.05, 4.69) is 5.32 Å². The van der Waals surface area contributed by atoms with Crippen molar-refractivity contribution < 1.29 is 27.6 Å². The molecule has 0 unspecified atom stereocenters. The Morgan fingerprint density at radius 1 is 1.17 bits per heavy atom. The van der Waals surface area contributed by atoms with Crippen LogP contribution in [0.15, 0.2) is 12.1 Å². The number of carbonyl (C=O) groups excluding carboxylic acids is 3. The fourth-order valence-electron chi connectivity index (χ4n) is 5.44. The molecule has 0 saturated heterocycles. The first-order valence-corrected chi connectivity index (χ1v) is 12.9. The highest BCUT2D eigenvalue weighted by Crippen LogP contribution is 2.43. The third-order valence-corrected chi connectivity index (χ3v) is 7.24. The molecule has 0 spiro atoms. The summed E-state index contributed by atoms with van der Waals surface area (Å²) in [5, 5.41) is 2.72. The van der Waals surface area contributed by atoms with Crippen LogP contribution in [0.5, 0.6) is 0 Å². The molecule has 6 nitrogen and oxygen atoms in total. The molecule has 1 aromatic rings. The molecule has 0 bridgehead atoms. The van der Waals surface area contributed by atoms with Crippen LogP contribution >= 0.6 is 0 Å². The Morgan fingerprint density at radius 2 is 1.81 bits per heavy atom. The molecule has 1 aliphatic carbocycles. The van der Waals surface area contributed by atoms with E-state index >= 15 is 0 Å². The number of hydrogen-bond acceptors (Lipinski definition) is 3. The summed E-state index contributed by atoms with van der Waals surface area (Å²) in [5.41, 5.74) is -1.61. The summed E-state index contributed by atoms with van der Waals surface area (Å²) in [6.45, 7) is 9.04. The van der Waals surface area contributed by atoms with Crippen molar-refractivity contribution in [3.8, 4) is 0 Å². The third kappa shape index (κ3) is 5.86. The molecule has 0 atom stereocenters. The van der Waals surface area contributed by atoms with Crippen molar-refractivity contribution >= 4 is 23.4 Å². The zero-order valence-corrected chi connectivity index (χ0v) is 21.9. The quantitative estimate of drug-likeness (QED) is 0.540. The average Bonchev–Trinajstić information content (AvgIpc) is 2.80. The molecule has 3 rings (SSSR count). The molecule has 1 fully saturated rings. The first-order chi connectivity index (χ1) is 16.8. The Labute approximate surface area is 211 Å². The summed E-state index contributed by atoms with van der Waals surface area (Å²) in [6, 6.07) is 1.93. The minimum atomic E-state index is -4.72. The van der Waals surface area contributed by atoms with E-state index in [0.717, 1.165) is 38.2 Å². The van der Waals surface area contributed by atoms with Crippen molar-refractivity contribution in [2.24, 2.45) is 5.41 Å². The van der Waals surface area contributed by atoms with Gasteiger partial charge in [-0.2, -0.15) is 13.2 Å². The minimum Gasteiger partial charge on any atom is -0.354 e. The molecule has 0 radical (unpaired) electrons. The van der Waals surface area contributed by atoms with Crippen molar-refractivity contribution in [3.63, 3.8) is 0 Å². The Balaban J connectivity index is 2.10. The highest BCUT2D eigenvalue weighted by molar-refractivity contribution is 6.03. The Morgan fingerprint density at radius 3 is 2.36 bits per heavy atom. The van der Waals surface area contributed by atoms with Crippen LogP contribution < -0.4 is 10.2 Å². The molecule has 200 valence electrons. The predicted molar refractivity (Wildman–Crippen MR) is 133 cm³/mol. The van der Waals surface area contributed by atoms with E-state index in [1.807, 2.05) is 13.8 Å². The predicted octanol–water partition coefficient (Wildman–Crippen LogP) is 5.33. The maximum Gasteiger partial charge on any atom is 0.417 e. The molecule has 1 heterocycles. The van der Waals surface area contributed by atoms with Crippen LogP contribution in [0.1, 0.15) is 94.6 Å². The molecule has 1 N–H and O–H groups in total. The van der Waals surface area contributed by atoms with E-state index in [1.54, 1.807) is 25.7 Å². The first-order valence-electron chi connectivity index (χ1n) is 12.9. The topological polar surface area (TPSA) is 69.7 Å². The Bertz CT molecular complexity index is 998. The number of nitrogens with zero attached hydrogens (tertiary/aromatic N) is 2. The van der Waals surface area contributed by atoms with Gasteiger partial charge in [0.1, 0.15) is 0 Å². The van der Waals surface area contributed by atoms with Crippen molar-refractivity contribution in [1.29, 1.82) is 0 Å². The molecular formula is C27H38F3N3O3. The molecule has 2 aliphatic rings. The second-order valence-corrected chi connectivity index (χ2v) is 10.8. The molecular weight excluding hydrogens is 471 g/mol. The molecule has 36 heavy (non-hydrogen) atoms. The van der Waals surface area contributed by atoms with Gasteiger partial charge in [0.15, 0.2) is 0 Å². The largest absolute Gasteiger partial charge is 0.417 e. The lowest BCUT2D eigenvalue weighted by Crippen LogP contribution is -2.49. The smallest absolute Gasteiger partial charge is 0.354 e. The second-order valence-electron chi connectivity index (χ2n) is 10.8. The Hall–Kier alpha value is -2.58. The lowest BCUT2D eigenvalue weighted by molar-refractivity contribution is -0.138. The minimum absolute atomic E-state index is 0.107. The van der Waals surface area contributed by atoms with E-state index in [4.69, 9.17) is 0 Å². The SMILES string of the molecule is CCC(=O)NCCN1C(=O)C(C)(C)Cc2cc(C(F)(F)F)c(C(=O)N(C(C)C)C3CCCCC3)cc21. The van der Waals surface area contributed by atoms with Gasteiger partial charge in [-0.15, -0.1) is 0 Å². The van der Waals surface area contributed by atoms with Gasteiger partial charge < -0.3 is 15.1 Å². The van der Waals surface area contributed by atoms with Crippen LogP contribution in [0.2, 0.25) is 0 Å². The van der Waals surface area contributed by atoms with Crippen LogP contribution in [-0.4, -0.2) is 47.8 Å². The van der Waals surface area contributed by atoms with E-state index in [0.29, 0.717) is 11.3 Å². The standard InChI is InChI=1S/C27H38F3N3O3/c1-6-23(34)31-12-13-32-22-15-20(24(35)33(17(2)3)19-10-8-7-9-11-19)21(27(28,29)30)14-18(22)16-26(4,5)25(32)36/h14-15,17,19H,6-13,16H2,1-5H3,(H,31,34). The van der Waals surface area contributed by atoms with Crippen LogP contribution in [0, 0.1) is 5.41 Å². The number of carbonyl (C=O) groups is 3. The molecule has 3 amide bonds. The maximum atomic E-state index is 14.3. The van der Waals surface area contributed by atoms with E-state index in [9.17, 15) is 27.6 Å². The first kappa shape index (κ1) is 28.0. The summed E-state index contributed by atoms with van der Waals surface area (Å²) >= 11 is 0. The molecule has 1 saturated carbocycles. The summed E-state index contributed by atoms with van der Waals surface area (Å²) in [6.07, 6.45) is 0.184. The molecule has 1 aliphatic heterocycles. The number of rotatable bonds is 7. The molecule has 9 heteroatoms. The van der Waals surface area contributed by atoms with Gasteiger partial charge in [-0.25, -0.2) is 0 Å². The highest BCUT2D eigenvalue weighted by Gasteiger charge is 2.44. The summed E-state index contributed by atoms with van der Waals surface area (Å²) in [5.74, 6) is -1.07. The molecule has 0 aromatic heterocycles. The second kappa shape index (κ2) is 10.8. The number of hydrogen-bond donors (Lipinski definition) is 1. The highest BCUT2D eigenvalue weighted by atomic mass is 19.4. The number of benzene rings is 1. The number of nitrogens with one attached hydrogen (secondary N) is 1. The van der Waals surface area contributed by atoms with Gasteiger partial charge in [0.25, 0.3) is 5.91 Å². The Kier molecular flexibility index (Phi) is 8.41. The number of alkyl halides is 3. The normalized spacial score (nSPS) is 18.2. The fourth-order valence-corrected chi connectivity index (χ4v) is 5.44. The van der Waals surface area contributed by atoms with Crippen LogP contribution in [-0.2, 0) is 22.2 Å². The van der Waals surface area contributed by atoms with Gasteiger partial charge in [-0.05, 0) is 50.8 Å². The third-order valence-electron chi connectivity index (χ3n) is 7.24. The van der Waals surface area contributed by atoms with Gasteiger partial charge in [-0.1, -0.05) is 40.0 Å². The van der Waals surface area contributed by atoms with E-state index in [1.165, 1.54) is 11.0 Å². The summed E-state index contributed by atoms with van der Waals surface area (Å²) < 4.78 is 42.9. The summed E-state index contributed by atoms with van der Waals surface area (Å²) in [7, 11) is 0. The van der Waals surface area contributed by atoms with Gasteiger partial charge in [0.05, 0.1) is 11.1 Å². The zero-order valence-electron chi connectivity index (χ0n) is 21.9. The number of halogens is 3. The lowest BCUT2D eigenvalue weighted by Gasteiger charge is -2.40. The van der Waals surface area contributed by atoms with Crippen LogP contribution in [0.4, 0.5) is 18.9 Å². The van der Waals surface area contributed by atoms with E-state index in [-0.39, 0.29) is 49.8 Å². The van der Waals surface area contributed by atoms with Gasteiger partial charge >= 0.3 is 6.18 Å². The average molecular weight is 510 g/mol. The maximum absolute atomic E-state index is 14.3. The summed E-state index contributed by atoms with van der Waals surface area (Å²) in [4.78, 5) is 41.8. The lowest BCUT2D eigenvalue weighted by atomic mass is 9.79. The van der Waals surface area contributed by atoms with Gasteiger partial charge in [0.2, 0.25) is 11.8 Å². The number of anilines is 1. The van der Waals surface area contributed by atoms with Crippen molar-refractivity contribution in [3.05, 3.63) is 28.8 Å². The van der Waals surface area contributed by atoms with E-state index < -0.39 is 28.6 Å². The van der Waals surface area contributed by atoms with Crippen molar-refractivity contribution in [2.45, 2.75) is 97.8 Å². The number of amides is 3. The van der Waals surface area contributed by atoms with Crippen molar-refractivity contribution in [1.82, 2.24) is 10.2 Å². The van der Waals surface area contributed by atoms with Gasteiger partial charge in [-0.3, -0.25) is 14.4 Å². The zero-order chi connectivity index (χ0) is 26.8. The van der Waals surface area contributed by atoms with Crippen molar-refractivity contribution in [2.75, 3.05) is 18.0 Å². The van der Waals surface area contributed by atoms with Gasteiger partial charge in [0, 0.05) is 42.7 Å². The fraction of sp³-hybridized carbons (Fsp3) is 0.667. The molecule has 1 aromatic carbocycles.